The van der Waals surface area contributed by atoms with E-state index in [1.807, 2.05) is 49.4 Å². The summed E-state index contributed by atoms with van der Waals surface area (Å²) in [6.07, 6.45) is 0. The number of rotatable bonds is 8. The minimum atomic E-state index is -3.97. The van der Waals surface area contributed by atoms with Gasteiger partial charge in [0.15, 0.2) is 5.78 Å². The summed E-state index contributed by atoms with van der Waals surface area (Å²) in [7, 11) is -3.97. The van der Waals surface area contributed by atoms with Crippen molar-refractivity contribution in [3.8, 4) is 0 Å². The Hall–Kier alpha value is -3.29. The lowest BCUT2D eigenvalue weighted by molar-refractivity contribution is -0.116. The lowest BCUT2D eigenvalue weighted by Crippen LogP contribution is -2.38. The second-order valence-corrected chi connectivity index (χ2v) is 10.0. The number of carbonyl (C=O) groups excluding carboxylic acids is 2. The first-order valence-corrected chi connectivity index (χ1v) is 12.0. The fourth-order valence-corrected chi connectivity index (χ4v) is 5.69. The molecule has 0 aromatic heterocycles. The third-order valence-corrected chi connectivity index (χ3v) is 7.37. The van der Waals surface area contributed by atoms with Gasteiger partial charge in [-0.1, -0.05) is 60.2 Å². The molecule has 0 heterocycles. The minimum absolute atomic E-state index is 0.0524. The summed E-state index contributed by atoms with van der Waals surface area (Å²) < 4.78 is 28.6. The van der Waals surface area contributed by atoms with E-state index in [-0.39, 0.29) is 23.8 Å². The number of nitrogens with zero attached hydrogens (tertiary/aromatic N) is 1. The monoisotopic (exact) mass is 464 g/mol. The standard InChI is InChI=1S/C26H28N2O4S/c1-18-13-19(2)26(20(3)14-18)33(31,32)28(16-22-9-6-5-7-10-22)17-25(30)27-24-12-8-11-23(15-24)21(4)29/h5-15H,16-17H2,1-4H3,(H,27,30). The Balaban J connectivity index is 1.94. The maximum atomic E-state index is 13.7. The van der Waals surface area contributed by atoms with Crippen LogP contribution in [0, 0.1) is 20.8 Å². The van der Waals surface area contributed by atoms with Crippen molar-refractivity contribution >= 4 is 27.4 Å². The van der Waals surface area contributed by atoms with Crippen molar-refractivity contribution in [3.05, 3.63) is 94.5 Å². The number of ketones is 1. The fraction of sp³-hybridized carbons (Fsp3) is 0.231. The summed E-state index contributed by atoms with van der Waals surface area (Å²) in [5, 5.41) is 2.72. The third-order valence-electron chi connectivity index (χ3n) is 5.28. The van der Waals surface area contributed by atoms with Gasteiger partial charge in [-0.2, -0.15) is 4.31 Å². The molecule has 0 fully saturated rings. The molecule has 3 aromatic rings. The molecule has 0 unspecified atom stereocenters. The number of hydrogen-bond donors (Lipinski definition) is 1. The number of aryl methyl sites for hydroxylation is 3. The van der Waals surface area contributed by atoms with Crippen LogP contribution >= 0.6 is 0 Å². The number of nitrogens with one attached hydrogen (secondary N) is 1. The van der Waals surface area contributed by atoms with Crippen molar-refractivity contribution in [3.63, 3.8) is 0 Å². The van der Waals surface area contributed by atoms with Crippen molar-refractivity contribution in [1.29, 1.82) is 0 Å². The Morgan fingerprint density at radius 3 is 2.12 bits per heavy atom. The largest absolute Gasteiger partial charge is 0.325 e. The van der Waals surface area contributed by atoms with E-state index >= 15 is 0 Å². The van der Waals surface area contributed by atoms with Crippen LogP contribution in [0.5, 0.6) is 0 Å². The molecule has 3 rings (SSSR count). The van der Waals surface area contributed by atoms with Crippen molar-refractivity contribution in [2.75, 3.05) is 11.9 Å². The van der Waals surface area contributed by atoms with Crippen molar-refractivity contribution in [1.82, 2.24) is 4.31 Å². The van der Waals surface area contributed by atoms with Crippen LogP contribution in [0.25, 0.3) is 0 Å². The average molecular weight is 465 g/mol. The van der Waals surface area contributed by atoms with E-state index < -0.39 is 15.9 Å². The van der Waals surface area contributed by atoms with E-state index in [1.165, 1.54) is 11.2 Å². The SMILES string of the molecule is CC(=O)c1cccc(NC(=O)CN(Cc2ccccc2)S(=O)(=O)c2c(C)cc(C)cc2C)c1. The van der Waals surface area contributed by atoms with Crippen LogP contribution < -0.4 is 5.32 Å². The number of sulfonamides is 1. The quantitative estimate of drug-likeness (QED) is 0.492. The molecule has 7 heteroatoms. The molecule has 33 heavy (non-hydrogen) atoms. The van der Waals surface area contributed by atoms with Gasteiger partial charge in [0.1, 0.15) is 0 Å². The maximum Gasteiger partial charge on any atom is 0.244 e. The summed E-state index contributed by atoms with van der Waals surface area (Å²) in [5.41, 5.74) is 3.93. The molecule has 172 valence electrons. The zero-order valence-corrected chi connectivity index (χ0v) is 20.1. The molecule has 0 saturated heterocycles. The van der Waals surface area contributed by atoms with Gasteiger partial charge in [-0.25, -0.2) is 8.42 Å². The molecule has 1 N–H and O–H groups in total. The van der Waals surface area contributed by atoms with E-state index in [0.29, 0.717) is 22.4 Å². The Bertz CT molecular complexity index is 1260. The van der Waals surface area contributed by atoms with Gasteiger partial charge in [0, 0.05) is 17.8 Å². The zero-order valence-electron chi connectivity index (χ0n) is 19.3. The van der Waals surface area contributed by atoms with Crippen LogP contribution in [0.15, 0.2) is 71.6 Å². The van der Waals surface area contributed by atoms with Crippen molar-refractivity contribution < 1.29 is 18.0 Å². The Kier molecular flexibility index (Phi) is 7.46. The number of anilines is 1. The summed E-state index contributed by atoms with van der Waals surface area (Å²) in [4.78, 5) is 24.8. The predicted molar refractivity (Wildman–Crippen MR) is 130 cm³/mol. The highest BCUT2D eigenvalue weighted by atomic mass is 32.2. The summed E-state index contributed by atoms with van der Waals surface area (Å²) in [5.74, 6) is -0.609. The van der Waals surface area contributed by atoms with E-state index in [1.54, 1.807) is 38.1 Å². The molecule has 0 aliphatic carbocycles. The lowest BCUT2D eigenvalue weighted by Gasteiger charge is -2.24. The molecule has 0 radical (unpaired) electrons. The topological polar surface area (TPSA) is 83.6 Å². The maximum absolute atomic E-state index is 13.7. The highest BCUT2D eigenvalue weighted by Crippen LogP contribution is 2.26. The van der Waals surface area contributed by atoms with Crippen LogP contribution in [-0.2, 0) is 21.4 Å². The molecule has 6 nitrogen and oxygen atoms in total. The predicted octanol–water partition coefficient (Wildman–Crippen LogP) is 4.64. The van der Waals surface area contributed by atoms with Crippen LogP contribution in [-0.4, -0.2) is 31.0 Å². The number of amides is 1. The van der Waals surface area contributed by atoms with Gasteiger partial charge in [-0.15, -0.1) is 0 Å². The number of carbonyl (C=O) groups is 2. The molecule has 0 saturated carbocycles. The highest BCUT2D eigenvalue weighted by molar-refractivity contribution is 7.89. The first-order valence-electron chi connectivity index (χ1n) is 10.6. The van der Waals surface area contributed by atoms with E-state index in [2.05, 4.69) is 5.32 Å². The first kappa shape index (κ1) is 24.4. The number of Topliss-reactive ketones (excluding diaryl/α,β-unsaturated/α-hetero) is 1. The van der Waals surface area contributed by atoms with Gasteiger partial charge < -0.3 is 5.32 Å². The average Bonchev–Trinajstić information content (AvgIpc) is 2.73. The summed E-state index contributed by atoms with van der Waals surface area (Å²) in [6.45, 7) is 6.58. The second-order valence-electron chi connectivity index (χ2n) is 8.17. The van der Waals surface area contributed by atoms with E-state index in [9.17, 15) is 18.0 Å². The van der Waals surface area contributed by atoms with Crippen molar-refractivity contribution in [2.45, 2.75) is 39.1 Å². The smallest absolute Gasteiger partial charge is 0.244 e. The van der Waals surface area contributed by atoms with Crippen LogP contribution in [0.3, 0.4) is 0 Å². The molecular weight excluding hydrogens is 436 g/mol. The van der Waals surface area contributed by atoms with E-state index in [0.717, 1.165) is 11.1 Å². The molecule has 0 bridgehead atoms. The van der Waals surface area contributed by atoms with Crippen molar-refractivity contribution in [2.24, 2.45) is 0 Å². The molecule has 0 atom stereocenters. The Labute approximate surface area is 195 Å². The van der Waals surface area contributed by atoms with E-state index in [4.69, 9.17) is 0 Å². The number of benzene rings is 3. The molecule has 0 spiro atoms. The van der Waals surface area contributed by atoms with Gasteiger partial charge in [0.05, 0.1) is 11.4 Å². The second kappa shape index (κ2) is 10.1. The Morgan fingerprint density at radius 1 is 0.879 bits per heavy atom. The van der Waals surface area contributed by atoms with Gasteiger partial charge >= 0.3 is 0 Å². The molecule has 3 aromatic carbocycles. The van der Waals surface area contributed by atoms with Gasteiger partial charge in [0.2, 0.25) is 15.9 Å². The van der Waals surface area contributed by atoms with Gasteiger partial charge in [-0.3, -0.25) is 9.59 Å². The summed E-state index contributed by atoms with van der Waals surface area (Å²) in [6, 6.07) is 19.4. The molecule has 1 amide bonds. The van der Waals surface area contributed by atoms with Gasteiger partial charge in [0.25, 0.3) is 0 Å². The van der Waals surface area contributed by atoms with Gasteiger partial charge in [-0.05, 0) is 56.5 Å². The normalized spacial score (nSPS) is 11.4. The molecule has 0 aliphatic heterocycles. The zero-order chi connectivity index (χ0) is 24.2. The number of hydrogen-bond acceptors (Lipinski definition) is 4. The molecular formula is C26H28N2O4S. The summed E-state index contributed by atoms with van der Waals surface area (Å²) >= 11 is 0. The lowest BCUT2D eigenvalue weighted by atomic mass is 10.1. The first-order chi connectivity index (χ1) is 15.6. The Morgan fingerprint density at radius 2 is 1.52 bits per heavy atom. The highest BCUT2D eigenvalue weighted by Gasteiger charge is 2.30. The molecule has 0 aliphatic rings. The van der Waals surface area contributed by atoms with Crippen LogP contribution in [0.2, 0.25) is 0 Å². The fourth-order valence-electron chi connectivity index (χ4n) is 3.89. The third kappa shape index (κ3) is 5.94. The minimum Gasteiger partial charge on any atom is -0.325 e. The van der Waals surface area contributed by atoms with Crippen LogP contribution in [0.1, 0.15) is 39.5 Å². The van der Waals surface area contributed by atoms with Crippen LogP contribution in [0.4, 0.5) is 5.69 Å².